The van der Waals surface area contributed by atoms with Gasteiger partial charge in [0.1, 0.15) is 6.23 Å². The standard InChI is InChI=1S/C11H23NO/c1-6-11(7-2)10(4,5)8-12-9(3)13-11/h9,12H,6-8H2,1-5H3. The predicted octanol–water partition coefficient (Wildman–Crippen LogP) is 2.54. The third-order valence-electron chi connectivity index (χ3n) is 3.61. The quantitative estimate of drug-likeness (QED) is 0.714. The fourth-order valence-electron chi connectivity index (χ4n) is 2.47. The fraction of sp³-hybridized carbons (Fsp3) is 1.00. The van der Waals surface area contributed by atoms with Crippen molar-refractivity contribution in [3.8, 4) is 0 Å². The molecule has 1 saturated heterocycles. The lowest BCUT2D eigenvalue weighted by atomic mass is 9.70. The van der Waals surface area contributed by atoms with Crippen molar-refractivity contribution < 1.29 is 4.74 Å². The van der Waals surface area contributed by atoms with Crippen molar-refractivity contribution in [2.24, 2.45) is 5.41 Å². The van der Waals surface area contributed by atoms with Crippen molar-refractivity contribution in [1.82, 2.24) is 5.32 Å². The molecular weight excluding hydrogens is 162 g/mol. The minimum atomic E-state index is 0.0671. The van der Waals surface area contributed by atoms with E-state index in [0.29, 0.717) is 0 Å². The molecule has 2 heteroatoms. The molecule has 1 rings (SSSR count). The lowest BCUT2D eigenvalue weighted by molar-refractivity contribution is -0.197. The maximum absolute atomic E-state index is 6.08. The Morgan fingerprint density at radius 3 is 2.23 bits per heavy atom. The predicted molar refractivity (Wildman–Crippen MR) is 55.6 cm³/mol. The van der Waals surface area contributed by atoms with E-state index in [1.807, 2.05) is 0 Å². The van der Waals surface area contributed by atoms with Crippen molar-refractivity contribution in [1.29, 1.82) is 0 Å². The molecule has 0 spiro atoms. The Hall–Kier alpha value is -0.0800. The van der Waals surface area contributed by atoms with Gasteiger partial charge in [0, 0.05) is 12.0 Å². The van der Waals surface area contributed by atoms with E-state index in [9.17, 15) is 0 Å². The first-order valence-electron chi connectivity index (χ1n) is 5.38. The van der Waals surface area contributed by atoms with Gasteiger partial charge in [-0.15, -0.1) is 0 Å². The van der Waals surface area contributed by atoms with Gasteiger partial charge in [-0.3, -0.25) is 5.32 Å². The van der Waals surface area contributed by atoms with Crippen LogP contribution in [0.25, 0.3) is 0 Å². The molecule has 1 aliphatic heterocycles. The zero-order valence-electron chi connectivity index (χ0n) is 9.61. The molecule has 78 valence electrons. The molecular formula is C11H23NO. The molecule has 1 aliphatic rings. The summed E-state index contributed by atoms with van der Waals surface area (Å²) in [6.45, 7) is 12.2. The molecule has 1 fully saturated rings. The van der Waals surface area contributed by atoms with Crippen molar-refractivity contribution >= 4 is 0 Å². The molecule has 1 N–H and O–H groups in total. The molecule has 2 nitrogen and oxygen atoms in total. The average Bonchev–Trinajstić information content (AvgIpc) is 2.09. The monoisotopic (exact) mass is 185 g/mol. The lowest BCUT2D eigenvalue weighted by Crippen LogP contribution is -2.60. The molecule has 0 saturated carbocycles. The van der Waals surface area contributed by atoms with E-state index in [0.717, 1.165) is 19.4 Å². The van der Waals surface area contributed by atoms with Gasteiger partial charge in [0.15, 0.2) is 0 Å². The minimum absolute atomic E-state index is 0.0671. The average molecular weight is 185 g/mol. The van der Waals surface area contributed by atoms with Gasteiger partial charge in [0.05, 0.1) is 5.60 Å². The van der Waals surface area contributed by atoms with Crippen molar-refractivity contribution in [3.05, 3.63) is 0 Å². The highest BCUT2D eigenvalue weighted by Crippen LogP contribution is 2.42. The highest BCUT2D eigenvalue weighted by Gasteiger charge is 2.47. The molecule has 0 aromatic carbocycles. The van der Waals surface area contributed by atoms with Gasteiger partial charge in [-0.1, -0.05) is 27.7 Å². The summed E-state index contributed by atoms with van der Waals surface area (Å²) in [6.07, 6.45) is 2.40. The van der Waals surface area contributed by atoms with Gasteiger partial charge in [-0.2, -0.15) is 0 Å². The SMILES string of the molecule is CCC1(CC)OC(C)NCC1(C)C. The molecule has 13 heavy (non-hydrogen) atoms. The van der Waals surface area contributed by atoms with Crippen LogP contribution in [0.3, 0.4) is 0 Å². The van der Waals surface area contributed by atoms with Crippen LogP contribution in [0.4, 0.5) is 0 Å². The summed E-state index contributed by atoms with van der Waals surface area (Å²) in [7, 11) is 0. The largest absolute Gasteiger partial charge is 0.357 e. The van der Waals surface area contributed by atoms with E-state index in [1.165, 1.54) is 0 Å². The van der Waals surface area contributed by atoms with E-state index in [2.05, 4.69) is 39.9 Å². The third-order valence-corrected chi connectivity index (χ3v) is 3.61. The number of hydrogen-bond acceptors (Lipinski definition) is 2. The topological polar surface area (TPSA) is 21.3 Å². The van der Waals surface area contributed by atoms with Crippen LogP contribution in [0.1, 0.15) is 47.5 Å². The van der Waals surface area contributed by atoms with Gasteiger partial charge >= 0.3 is 0 Å². The van der Waals surface area contributed by atoms with Crippen LogP contribution in [-0.2, 0) is 4.74 Å². The molecule has 0 aromatic heterocycles. The fourth-order valence-corrected chi connectivity index (χ4v) is 2.47. The summed E-state index contributed by atoms with van der Waals surface area (Å²) >= 11 is 0. The number of ether oxygens (including phenoxy) is 1. The molecule has 0 bridgehead atoms. The van der Waals surface area contributed by atoms with E-state index in [4.69, 9.17) is 4.74 Å². The van der Waals surface area contributed by atoms with Crippen molar-refractivity contribution in [2.75, 3.05) is 6.54 Å². The highest BCUT2D eigenvalue weighted by atomic mass is 16.5. The third kappa shape index (κ3) is 1.75. The normalized spacial score (nSPS) is 31.6. The highest BCUT2D eigenvalue weighted by molar-refractivity contribution is 4.97. The van der Waals surface area contributed by atoms with E-state index < -0.39 is 0 Å². The lowest BCUT2D eigenvalue weighted by Gasteiger charge is -2.51. The maximum atomic E-state index is 6.08. The molecule has 0 aliphatic carbocycles. The minimum Gasteiger partial charge on any atom is -0.357 e. The summed E-state index contributed by atoms with van der Waals surface area (Å²) in [5.74, 6) is 0. The Labute approximate surface area is 82.0 Å². The molecule has 1 unspecified atom stereocenters. The van der Waals surface area contributed by atoms with Gasteiger partial charge in [-0.05, 0) is 19.8 Å². The molecule has 1 atom stereocenters. The zero-order chi connectivity index (χ0) is 10.1. The molecule has 0 aromatic rings. The number of hydrogen-bond donors (Lipinski definition) is 1. The molecule has 0 radical (unpaired) electrons. The molecule has 0 amide bonds. The van der Waals surface area contributed by atoms with Crippen LogP contribution in [0, 0.1) is 5.41 Å². The van der Waals surface area contributed by atoms with Crippen molar-refractivity contribution in [2.45, 2.75) is 59.3 Å². The maximum Gasteiger partial charge on any atom is 0.106 e. The summed E-state index contributed by atoms with van der Waals surface area (Å²) in [5, 5.41) is 3.37. The van der Waals surface area contributed by atoms with Gasteiger partial charge < -0.3 is 4.74 Å². The second-order valence-electron chi connectivity index (χ2n) is 4.73. The smallest absolute Gasteiger partial charge is 0.106 e. The van der Waals surface area contributed by atoms with Gasteiger partial charge in [-0.25, -0.2) is 0 Å². The summed E-state index contributed by atoms with van der Waals surface area (Å²) < 4.78 is 6.08. The Balaban J connectivity index is 2.86. The Morgan fingerprint density at radius 1 is 1.31 bits per heavy atom. The van der Waals surface area contributed by atoms with Gasteiger partial charge in [0.25, 0.3) is 0 Å². The Kier molecular flexibility index (Phi) is 3.03. The Morgan fingerprint density at radius 2 is 1.85 bits per heavy atom. The van der Waals surface area contributed by atoms with Crippen LogP contribution in [0.15, 0.2) is 0 Å². The first kappa shape index (κ1) is 11.0. The van der Waals surface area contributed by atoms with Crippen LogP contribution in [-0.4, -0.2) is 18.4 Å². The van der Waals surface area contributed by atoms with E-state index >= 15 is 0 Å². The van der Waals surface area contributed by atoms with Gasteiger partial charge in [0.2, 0.25) is 0 Å². The first-order valence-corrected chi connectivity index (χ1v) is 5.38. The number of nitrogens with one attached hydrogen (secondary N) is 1. The number of rotatable bonds is 2. The Bertz CT molecular complexity index is 173. The summed E-state index contributed by atoms with van der Waals surface area (Å²) in [5.41, 5.74) is 0.306. The van der Waals surface area contributed by atoms with Crippen LogP contribution < -0.4 is 5.32 Å². The van der Waals surface area contributed by atoms with Crippen LogP contribution >= 0.6 is 0 Å². The first-order chi connectivity index (χ1) is 5.97. The van der Waals surface area contributed by atoms with Crippen molar-refractivity contribution in [3.63, 3.8) is 0 Å². The summed E-state index contributed by atoms with van der Waals surface area (Å²) in [6, 6.07) is 0. The summed E-state index contributed by atoms with van der Waals surface area (Å²) in [4.78, 5) is 0. The second kappa shape index (κ2) is 3.58. The van der Waals surface area contributed by atoms with Crippen LogP contribution in [0.5, 0.6) is 0 Å². The second-order valence-corrected chi connectivity index (χ2v) is 4.73. The van der Waals surface area contributed by atoms with Crippen LogP contribution in [0.2, 0.25) is 0 Å². The van der Waals surface area contributed by atoms with E-state index in [1.54, 1.807) is 0 Å². The van der Waals surface area contributed by atoms with E-state index in [-0.39, 0.29) is 17.2 Å². The molecule has 1 heterocycles. The zero-order valence-corrected chi connectivity index (χ0v) is 9.61.